The second kappa shape index (κ2) is 7.43. The third kappa shape index (κ3) is 3.68. The molecule has 1 aromatic carbocycles. The van der Waals surface area contributed by atoms with E-state index >= 15 is 0 Å². The van der Waals surface area contributed by atoms with Gasteiger partial charge in [-0.05, 0) is 17.7 Å². The lowest BCUT2D eigenvalue weighted by Crippen LogP contribution is -2.25. The molecule has 0 spiro atoms. The first-order valence-electron chi connectivity index (χ1n) is 6.83. The highest BCUT2D eigenvalue weighted by Gasteiger charge is 2.25. The maximum Gasteiger partial charge on any atom is 0.297 e. The number of aromatic nitrogens is 1. The van der Waals surface area contributed by atoms with E-state index in [-0.39, 0.29) is 28.3 Å². The lowest BCUT2D eigenvalue weighted by atomic mass is 9.98. The summed E-state index contributed by atoms with van der Waals surface area (Å²) >= 11 is 5.71. The molecule has 0 saturated carbocycles. The highest BCUT2D eigenvalue weighted by atomic mass is 35.5. The van der Waals surface area contributed by atoms with Gasteiger partial charge in [-0.15, -0.1) is 0 Å². The molecule has 0 radical (unpaired) electrons. The van der Waals surface area contributed by atoms with E-state index in [4.69, 9.17) is 22.5 Å². The van der Waals surface area contributed by atoms with Crippen molar-refractivity contribution < 1.29 is 29.4 Å². The zero-order valence-electron chi connectivity index (χ0n) is 12.6. The number of halogens is 2. The van der Waals surface area contributed by atoms with Gasteiger partial charge in [0.2, 0.25) is 0 Å². The topological polar surface area (TPSA) is 146 Å². The Bertz CT molecular complexity index is 860. The van der Waals surface area contributed by atoms with Crippen LogP contribution in [0.25, 0.3) is 0 Å². The Morgan fingerprint density at radius 1 is 1.36 bits per heavy atom. The fourth-order valence-electron chi connectivity index (χ4n) is 2.31. The molecule has 2 amide bonds. The number of carbonyl (C=O) groups excluding carboxylic acids is 2. The second-order valence-electron chi connectivity index (χ2n) is 5.00. The fourth-order valence-corrected chi connectivity index (χ4v) is 2.51. The number of aromatic hydroxyl groups is 1. The predicted molar refractivity (Wildman–Crippen MR) is 83.8 cm³/mol. The third-order valence-electron chi connectivity index (χ3n) is 3.42. The standard InChI is InChI=1S/C15H13ClFN3O5/c16-8-3-6(1-2-9(8)17)4-10-11(14(18)23)7(5-21)13(22)12(19-10)15(24)20-25/h1-3,21-22,25H,4-5H2,(H2,18,23)(H,20,24). The largest absolute Gasteiger partial charge is 0.505 e. The van der Waals surface area contributed by atoms with Gasteiger partial charge < -0.3 is 15.9 Å². The van der Waals surface area contributed by atoms with Gasteiger partial charge >= 0.3 is 0 Å². The molecule has 6 N–H and O–H groups in total. The van der Waals surface area contributed by atoms with E-state index in [1.165, 1.54) is 17.6 Å². The van der Waals surface area contributed by atoms with Crippen molar-refractivity contribution >= 4 is 23.4 Å². The van der Waals surface area contributed by atoms with Crippen LogP contribution in [0.5, 0.6) is 5.75 Å². The minimum absolute atomic E-state index is 0.0596. The quantitative estimate of drug-likeness (QED) is 0.390. The summed E-state index contributed by atoms with van der Waals surface area (Å²) in [6.07, 6.45) is -0.0999. The average Bonchev–Trinajstić information content (AvgIpc) is 2.58. The molecule has 10 heteroatoms. The van der Waals surface area contributed by atoms with Crippen LogP contribution in [0.15, 0.2) is 18.2 Å². The Morgan fingerprint density at radius 2 is 2.04 bits per heavy atom. The SMILES string of the molecule is NC(=O)c1c(Cc2ccc(F)c(Cl)c2)nc(C(=O)NO)c(O)c1CO. The summed E-state index contributed by atoms with van der Waals surface area (Å²) in [5, 5.41) is 28.0. The molecular formula is C15H13ClFN3O5. The lowest BCUT2D eigenvalue weighted by molar-refractivity contribution is 0.0696. The maximum absolute atomic E-state index is 13.3. The van der Waals surface area contributed by atoms with E-state index in [1.807, 2.05) is 0 Å². The van der Waals surface area contributed by atoms with Crippen molar-refractivity contribution in [1.82, 2.24) is 10.5 Å². The number of nitrogens with one attached hydrogen (secondary N) is 1. The number of benzene rings is 1. The summed E-state index contributed by atoms with van der Waals surface area (Å²) in [4.78, 5) is 27.2. The number of hydrogen-bond donors (Lipinski definition) is 5. The molecule has 2 rings (SSSR count). The number of nitrogens with zero attached hydrogens (tertiary/aromatic N) is 1. The van der Waals surface area contributed by atoms with Gasteiger partial charge in [-0.2, -0.15) is 0 Å². The van der Waals surface area contributed by atoms with Gasteiger partial charge in [-0.25, -0.2) is 14.9 Å². The molecule has 0 aliphatic rings. The second-order valence-corrected chi connectivity index (χ2v) is 5.40. The molecule has 0 saturated heterocycles. The summed E-state index contributed by atoms with van der Waals surface area (Å²) in [5.74, 6) is -3.58. The van der Waals surface area contributed by atoms with Crippen molar-refractivity contribution in [3.63, 3.8) is 0 Å². The van der Waals surface area contributed by atoms with Gasteiger partial charge in [0.25, 0.3) is 11.8 Å². The molecule has 1 heterocycles. The predicted octanol–water partition coefficient (Wildman–Crippen LogP) is 0.881. The van der Waals surface area contributed by atoms with Crippen LogP contribution in [0, 0.1) is 5.82 Å². The van der Waals surface area contributed by atoms with Crippen LogP contribution in [-0.2, 0) is 13.0 Å². The summed E-state index contributed by atoms with van der Waals surface area (Å²) in [6.45, 7) is -0.810. The van der Waals surface area contributed by atoms with Crippen molar-refractivity contribution in [2.45, 2.75) is 13.0 Å². The average molecular weight is 370 g/mol. The van der Waals surface area contributed by atoms with E-state index < -0.39 is 35.7 Å². The molecule has 0 fully saturated rings. The number of hydroxylamine groups is 1. The van der Waals surface area contributed by atoms with E-state index in [0.717, 1.165) is 6.07 Å². The molecule has 0 unspecified atom stereocenters. The summed E-state index contributed by atoms with van der Waals surface area (Å²) < 4.78 is 13.3. The molecule has 8 nitrogen and oxygen atoms in total. The van der Waals surface area contributed by atoms with E-state index in [1.54, 1.807) is 0 Å². The fraction of sp³-hybridized carbons (Fsp3) is 0.133. The summed E-state index contributed by atoms with van der Waals surface area (Å²) in [5.41, 5.74) is 5.76. The first-order valence-corrected chi connectivity index (χ1v) is 7.21. The van der Waals surface area contributed by atoms with Gasteiger partial charge in [0.05, 0.1) is 22.9 Å². The minimum atomic E-state index is -1.15. The monoisotopic (exact) mass is 369 g/mol. The Kier molecular flexibility index (Phi) is 5.52. The van der Waals surface area contributed by atoms with Crippen molar-refractivity contribution in [2.75, 3.05) is 0 Å². The number of amides is 2. The Balaban J connectivity index is 2.66. The summed E-state index contributed by atoms with van der Waals surface area (Å²) in [6, 6.07) is 3.78. The van der Waals surface area contributed by atoms with Gasteiger partial charge in [0.1, 0.15) is 5.82 Å². The summed E-state index contributed by atoms with van der Waals surface area (Å²) in [7, 11) is 0. The number of primary amides is 1. The van der Waals surface area contributed by atoms with Gasteiger partial charge in [-0.1, -0.05) is 17.7 Å². The Hall–Kier alpha value is -2.75. The number of rotatable bonds is 5. The van der Waals surface area contributed by atoms with Crippen molar-refractivity contribution in [3.8, 4) is 5.75 Å². The molecule has 25 heavy (non-hydrogen) atoms. The van der Waals surface area contributed by atoms with Crippen LogP contribution in [0.1, 0.15) is 37.7 Å². The number of nitrogens with two attached hydrogens (primary N) is 1. The first kappa shape index (κ1) is 18.6. The van der Waals surface area contributed by atoms with Crippen LogP contribution >= 0.6 is 11.6 Å². The van der Waals surface area contributed by atoms with Gasteiger partial charge in [-0.3, -0.25) is 14.8 Å². The van der Waals surface area contributed by atoms with Crippen molar-refractivity contribution in [3.05, 3.63) is 57.1 Å². The van der Waals surface area contributed by atoms with Gasteiger partial charge in [0.15, 0.2) is 11.4 Å². The first-order chi connectivity index (χ1) is 11.8. The molecular weight excluding hydrogens is 357 g/mol. The van der Waals surface area contributed by atoms with Crippen LogP contribution in [0.3, 0.4) is 0 Å². The molecule has 0 bridgehead atoms. The normalized spacial score (nSPS) is 10.6. The number of aliphatic hydroxyl groups is 1. The molecule has 132 valence electrons. The van der Waals surface area contributed by atoms with Gasteiger partial charge in [0, 0.05) is 12.0 Å². The Labute approximate surface area is 145 Å². The highest BCUT2D eigenvalue weighted by molar-refractivity contribution is 6.30. The van der Waals surface area contributed by atoms with E-state index in [0.29, 0.717) is 5.56 Å². The van der Waals surface area contributed by atoms with E-state index in [9.17, 15) is 24.2 Å². The Morgan fingerprint density at radius 3 is 2.56 bits per heavy atom. The van der Waals surface area contributed by atoms with Crippen LogP contribution < -0.4 is 11.2 Å². The van der Waals surface area contributed by atoms with E-state index in [2.05, 4.69) is 4.98 Å². The van der Waals surface area contributed by atoms with Crippen LogP contribution in [0.4, 0.5) is 4.39 Å². The molecule has 0 atom stereocenters. The van der Waals surface area contributed by atoms with Crippen LogP contribution in [0.2, 0.25) is 5.02 Å². The molecule has 0 aliphatic heterocycles. The number of pyridine rings is 1. The third-order valence-corrected chi connectivity index (χ3v) is 3.71. The zero-order valence-corrected chi connectivity index (χ0v) is 13.3. The zero-order chi connectivity index (χ0) is 18.7. The number of hydrogen-bond acceptors (Lipinski definition) is 6. The molecule has 2 aromatic rings. The number of aliphatic hydroxyl groups excluding tert-OH is 1. The number of carbonyl (C=O) groups is 2. The van der Waals surface area contributed by atoms with Crippen LogP contribution in [-0.4, -0.2) is 32.2 Å². The lowest BCUT2D eigenvalue weighted by Gasteiger charge is -2.15. The molecule has 1 aromatic heterocycles. The maximum atomic E-state index is 13.3. The van der Waals surface area contributed by atoms with Crippen molar-refractivity contribution in [1.29, 1.82) is 0 Å². The highest BCUT2D eigenvalue weighted by Crippen LogP contribution is 2.29. The minimum Gasteiger partial charge on any atom is -0.505 e. The van der Waals surface area contributed by atoms with Crippen molar-refractivity contribution in [2.24, 2.45) is 5.73 Å². The molecule has 0 aliphatic carbocycles. The smallest absolute Gasteiger partial charge is 0.297 e.